The van der Waals surface area contributed by atoms with Crippen LogP contribution in [0.5, 0.6) is 0 Å². The summed E-state index contributed by atoms with van der Waals surface area (Å²) in [5, 5.41) is 17.1. The largest absolute Gasteiger partial charge is 0.433 e. The molecule has 0 spiro atoms. The number of amides is 4. The lowest BCUT2D eigenvalue weighted by Gasteiger charge is -2.43. The molecule has 3 heterocycles. The Morgan fingerprint density at radius 2 is 1.89 bits per heavy atom. The van der Waals surface area contributed by atoms with Gasteiger partial charge in [-0.15, -0.1) is 0 Å². The van der Waals surface area contributed by atoms with Gasteiger partial charge in [-0.3, -0.25) is 29.0 Å². The highest BCUT2D eigenvalue weighted by molar-refractivity contribution is 5.99. The number of nitrogens with zero attached hydrogens (tertiary/aromatic N) is 2. The predicted octanol–water partition coefficient (Wildman–Crippen LogP) is -0.400. The molecule has 1 aromatic carbocycles. The van der Waals surface area contributed by atoms with Crippen LogP contribution in [0, 0.1) is 0 Å². The maximum atomic E-state index is 13.6. The molecular formula is C24H30N4O8. The standard InChI is InChI=1S/C24H30N4O8/c1-2-35-24-17(12-20(31)36-24)26-22(33)18-4-3-11-27-19(30)10-9-16(23(34)28(18)27)25-21(32)15-7-5-14(13-29)6-8-15/h5-8,16-18,24,29H,2-4,9-13H2,1H3,(H,25,32)(H,26,33)/t16-,17-,18-,24?/m0/s1. The van der Waals surface area contributed by atoms with Crippen LogP contribution in [0.4, 0.5) is 0 Å². The number of hydrazine groups is 1. The van der Waals surface area contributed by atoms with Crippen LogP contribution in [0.3, 0.4) is 0 Å². The van der Waals surface area contributed by atoms with Gasteiger partial charge in [0, 0.05) is 25.1 Å². The van der Waals surface area contributed by atoms with Gasteiger partial charge in [-0.05, 0) is 43.9 Å². The highest BCUT2D eigenvalue weighted by Crippen LogP contribution is 2.26. The van der Waals surface area contributed by atoms with E-state index in [4.69, 9.17) is 9.47 Å². The second-order valence-corrected chi connectivity index (χ2v) is 8.91. The van der Waals surface area contributed by atoms with E-state index in [0.29, 0.717) is 24.0 Å². The fourth-order valence-corrected chi connectivity index (χ4v) is 4.66. The van der Waals surface area contributed by atoms with Gasteiger partial charge in [0.1, 0.15) is 18.1 Å². The van der Waals surface area contributed by atoms with Crippen molar-refractivity contribution in [3.8, 4) is 0 Å². The minimum absolute atomic E-state index is 0.0301. The van der Waals surface area contributed by atoms with E-state index >= 15 is 0 Å². The molecule has 0 saturated carbocycles. The molecule has 3 fully saturated rings. The third-order valence-electron chi connectivity index (χ3n) is 6.49. The van der Waals surface area contributed by atoms with Gasteiger partial charge < -0.3 is 25.2 Å². The first kappa shape index (κ1) is 25.6. The van der Waals surface area contributed by atoms with Crippen molar-refractivity contribution in [2.75, 3.05) is 13.2 Å². The molecule has 0 aromatic heterocycles. The van der Waals surface area contributed by atoms with Gasteiger partial charge >= 0.3 is 5.97 Å². The summed E-state index contributed by atoms with van der Waals surface area (Å²) in [5.74, 6) is -2.39. The van der Waals surface area contributed by atoms with E-state index < -0.39 is 48.1 Å². The van der Waals surface area contributed by atoms with Gasteiger partial charge in [-0.1, -0.05) is 12.1 Å². The van der Waals surface area contributed by atoms with Crippen molar-refractivity contribution in [2.45, 2.75) is 70.1 Å². The van der Waals surface area contributed by atoms with Crippen molar-refractivity contribution in [1.82, 2.24) is 20.7 Å². The summed E-state index contributed by atoms with van der Waals surface area (Å²) in [6, 6.07) is 3.57. The molecule has 3 saturated heterocycles. The first-order valence-corrected chi connectivity index (χ1v) is 12.1. The minimum Gasteiger partial charge on any atom is -0.433 e. The molecular weight excluding hydrogens is 472 g/mol. The van der Waals surface area contributed by atoms with Crippen molar-refractivity contribution in [3.05, 3.63) is 35.4 Å². The molecule has 4 atom stereocenters. The number of nitrogens with one attached hydrogen (secondary N) is 2. The van der Waals surface area contributed by atoms with Crippen LogP contribution in [0.2, 0.25) is 0 Å². The fourth-order valence-electron chi connectivity index (χ4n) is 4.66. The number of cyclic esters (lactones) is 1. The number of hydrogen-bond donors (Lipinski definition) is 3. The molecule has 3 N–H and O–H groups in total. The number of esters is 1. The Labute approximate surface area is 207 Å². The average Bonchev–Trinajstić information content (AvgIpc) is 3.17. The summed E-state index contributed by atoms with van der Waals surface area (Å²) in [4.78, 5) is 64.2. The van der Waals surface area contributed by atoms with E-state index in [1.165, 1.54) is 17.1 Å². The molecule has 12 heteroatoms. The Bertz CT molecular complexity index is 1030. The monoisotopic (exact) mass is 502 g/mol. The quantitative estimate of drug-likeness (QED) is 0.426. The number of aliphatic hydroxyl groups is 1. The van der Waals surface area contributed by atoms with Crippen molar-refractivity contribution >= 4 is 29.6 Å². The normalized spacial score (nSPS) is 26.2. The molecule has 0 bridgehead atoms. The van der Waals surface area contributed by atoms with Crippen molar-refractivity contribution in [2.24, 2.45) is 0 Å². The van der Waals surface area contributed by atoms with Gasteiger partial charge in [0.15, 0.2) is 0 Å². The van der Waals surface area contributed by atoms with E-state index in [-0.39, 0.29) is 44.9 Å². The van der Waals surface area contributed by atoms with Gasteiger partial charge in [0.25, 0.3) is 11.8 Å². The second kappa shape index (κ2) is 11.0. The molecule has 12 nitrogen and oxygen atoms in total. The molecule has 4 amide bonds. The third-order valence-corrected chi connectivity index (χ3v) is 6.49. The highest BCUT2D eigenvalue weighted by Gasteiger charge is 2.46. The van der Waals surface area contributed by atoms with Crippen molar-refractivity contribution in [1.29, 1.82) is 0 Å². The highest BCUT2D eigenvalue weighted by atomic mass is 16.7. The summed E-state index contributed by atoms with van der Waals surface area (Å²) < 4.78 is 10.5. The van der Waals surface area contributed by atoms with Crippen LogP contribution in [0.25, 0.3) is 0 Å². The van der Waals surface area contributed by atoms with Crippen molar-refractivity contribution in [3.63, 3.8) is 0 Å². The third kappa shape index (κ3) is 5.34. The number of rotatable bonds is 7. The van der Waals surface area contributed by atoms with E-state index in [0.717, 1.165) is 5.01 Å². The van der Waals surface area contributed by atoms with E-state index in [1.807, 2.05) is 0 Å². The van der Waals surface area contributed by atoms with E-state index in [1.54, 1.807) is 19.1 Å². The summed E-state index contributed by atoms with van der Waals surface area (Å²) in [7, 11) is 0. The lowest BCUT2D eigenvalue weighted by atomic mass is 10.0. The van der Waals surface area contributed by atoms with Crippen LogP contribution in [0.1, 0.15) is 54.9 Å². The summed E-state index contributed by atoms with van der Waals surface area (Å²) in [6.45, 7) is 2.14. The number of aliphatic hydroxyl groups excluding tert-OH is 1. The van der Waals surface area contributed by atoms with Gasteiger partial charge in [-0.25, -0.2) is 5.01 Å². The molecule has 3 aliphatic heterocycles. The van der Waals surface area contributed by atoms with E-state index in [9.17, 15) is 29.1 Å². The Hall–Kier alpha value is -3.51. The Morgan fingerprint density at radius 1 is 1.14 bits per heavy atom. The predicted molar refractivity (Wildman–Crippen MR) is 122 cm³/mol. The Morgan fingerprint density at radius 3 is 2.58 bits per heavy atom. The second-order valence-electron chi connectivity index (χ2n) is 8.91. The lowest BCUT2D eigenvalue weighted by molar-refractivity contribution is -0.177. The molecule has 4 rings (SSSR count). The van der Waals surface area contributed by atoms with Crippen LogP contribution in [0.15, 0.2) is 24.3 Å². The maximum Gasteiger partial charge on any atom is 0.310 e. The summed E-state index contributed by atoms with van der Waals surface area (Å²) in [5.41, 5.74) is 0.940. The number of carbonyl (C=O) groups excluding carboxylic acids is 5. The SMILES string of the molecule is CCOC1OC(=O)C[C@@H]1NC(=O)[C@@H]1CCCN2C(=O)CC[C@H](NC(=O)c3ccc(CO)cc3)C(=O)N12. The molecule has 3 aliphatic rings. The summed E-state index contributed by atoms with van der Waals surface area (Å²) in [6.07, 6.45) is -0.0357. The molecule has 0 aliphatic carbocycles. The number of carbonyl (C=O) groups is 5. The van der Waals surface area contributed by atoms with Crippen molar-refractivity contribution < 1.29 is 38.6 Å². The van der Waals surface area contributed by atoms with Gasteiger partial charge in [-0.2, -0.15) is 0 Å². The number of ether oxygens (including phenoxy) is 2. The van der Waals surface area contributed by atoms with Gasteiger partial charge in [0.2, 0.25) is 18.1 Å². The minimum atomic E-state index is -1.01. The van der Waals surface area contributed by atoms with E-state index in [2.05, 4.69) is 10.6 Å². The Balaban J connectivity index is 1.51. The zero-order chi connectivity index (χ0) is 25.8. The Kier molecular flexibility index (Phi) is 7.85. The number of benzene rings is 1. The first-order chi connectivity index (χ1) is 17.3. The summed E-state index contributed by atoms with van der Waals surface area (Å²) >= 11 is 0. The molecule has 0 radical (unpaired) electrons. The maximum absolute atomic E-state index is 13.6. The van der Waals surface area contributed by atoms with Crippen LogP contribution >= 0.6 is 0 Å². The van der Waals surface area contributed by atoms with Gasteiger partial charge in [0.05, 0.1) is 13.0 Å². The fraction of sp³-hybridized carbons (Fsp3) is 0.542. The van der Waals surface area contributed by atoms with Crippen LogP contribution in [-0.2, 0) is 35.3 Å². The first-order valence-electron chi connectivity index (χ1n) is 12.1. The zero-order valence-corrected chi connectivity index (χ0v) is 20.0. The zero-order valence-electron chi connectivity index (χ0n) is 20.0. The number of fused-ring (bicyclic) bond motifs is 1. The molecule has 1 aromatic rings. The number of hydrogen-bond acceptors (Lipinski definition) is 8. The van der Waals surface area contributed by atoms with Crippen LogP contribution < -0.4 is 10.6 Å². The average molecular weight is 503 g/mol. The smallest absolute Gasteiger partial charge is 0.310 e. The topological polar surface area (TPSA) is 155 Å². The molecule has 194 valence electrons. The molecule has 1 unspecified atom stereocenters. The lowest BCUT2D eigenvalue weighted by Crippen LogP contribution is -2.64. The molecule has 36 heavy (non-hydrogen) atoms. The van der Waals surface area contributed by atoms with Crippen LogP contribution in [-0.4, -0.2) is 82.3 Å².